The second-order valence-electron chi connectivity index (χ2n) is 11.0. The molecular formula is C31H35F3N4O3. The van der Waals surface area contributed by atoms with E-state index in [1.165, 1.54) is 21.3 Å². The summed E-state index contributed by atoms with van der Waals surface area (Å²) >= 11 is 0. The van der Waals surface area contributed by atoms with Crippen molar-refractivity contribution >= 4 is 11.5 Å². The lowest BCUT2D eigenvalue weighted by atomic mass is 9.94. The number of aromatic nitrogens is 2. The summed E-state index contributed by atoms with van der Waals surface area (Å²) in [5, 5.41) is 14.7. The summed E-state index contributed by atoms with van der Waals surface area (Å²) in [7, 11) is 0. The summed E-state index contributed by atoms with van der Waals surface area (Å²) < 4.78 is 41.9. The second-order valence-corrected chi connectivity index (χ2v) is 11.0. The van der Waals surface area contributed by atoms with Crippen molar-refractivity contribution < 1.29 is 18.3 Å². The molecule has 0 bridgehead atoms. The van der Waals surface area contributed by atoms with E-state index in [-0.39, 0.29) is 30.0 Å². The van der Waals surface area contributed by atoms with E-state index in [1.54, 1.807) is 24.3 Å². The van der Waals surface area contributed by atoms with E-state index in [0.29, 0.717) is 24.1 Å². The molecule has 2 aromatic carbocycles. The number of nitrogens with one attached hydrogen (secondary N) is 1. The minimum absolute atomic E-state index is 0.0435. The van der Waals surface area contributed by atoms with Crippen LogP contribution in [0.25, 0.3) is 0 Å². The van der Waals surface area contributed by atoms with Crippen LogP contribution in [0.3, 0.4) is 0 Å². The van der Waals surface area contributed by atoms with E-state index in [1.807, 2.05) is 6.07 Å². The van der Waals surface area contributed by atoms with Crippen LogP contribution in [0.1, 0.15) is 93.0 Å². The first-order valence-corrected chi connectivity index (χ1v) is 14.4. The third kappa shape index (κ3) is 6.41. The maximum atomic E-state index is 14.1. The predicted molar refractivity (Wildman–Crippen MR) is 153 cm³/mol. The highest BCUT2D eigenvalue weighted by molar-refractivity contribution is 6.09. The van der Waals surface area contributed by atoms with Gasteiger partial charge in [0.25, 0.3) is 5.56 Å². The Hall–Kier alpha value is -3.82. The molecule has 0 atom stereocenters. The lowest BCUT2D eigenvalue weighted by molar-refractivity contribution is -0.137. The van der Waals surface area contributed by atoms with Crippen LogP contribution in [0.5, 0.6) is 5.88 Å². The Morgan fingerprint density at radius 1 is 0.829 bits per heavy atom. The first-order valence-electron chi connectivity index (χ1n) is 14.4. The molecule has 0 saturated heterocycles. The molecule has 0 radical (unpaired) electrons. The molecule has 0 unspecified atom stereocenters. The summed E-state index contributed by atoms with van der Waals surface area (Å²) in [6.45, 7) is -0.0435. The van der Waals surface area contributed by atoms with Gasteiger partial charge in [0, 0.05) is 17.8 Å². The lowest BCUT2D eigenvalue weighted by Crippen LogP contribution is -2.47. The fourth-order valence-electron chi connectivity index (χ4n) is 5.98. The molecular weight excluding hydrogens is 533 g/mol. The summed E-state index contributed by atoms with van der Waals surface area (Å²) in [5.74, 6) is -0.360. The van der Waals surface area contributed by atoms with E-state index in [4.69, 9.17) is 0 Å². The normalized spacial score (nSPS) is 17.5. The molecule has 7 nitrogen and oxygen atoms in total. The van der Waals surface area contributed by atoms with Gasteiger partial charge in [-0.05, 0) is 55.5 Å². The van der Waals surface area contributed by atoms with Crippen molar-refractivity contribution in [1.29, 1.82) is 0 Å². The van der Waals surface area contributed by atoms with E-state index in [0.717, 1.165) is 63.5 Å². The van der Waals surface area contributed by atoms with Crippen LogP contribution in [-0.2, 0) is 12.7 Å². The number of para-hydroxylation sites is 1. The molecule has 2 fully saturated rings. The number of nitrogens with zero attached hydrogens (tertiary/aromatic N) is 3. The molecule has 1 heterocycles. The molecule has 0 aliphatic heterocycles. The highest BCUT2D eigenvalue weighted by atomic mass is 19.4. The van der Waals surface area contributed by atoms with E-state index < -0.39 is 28.9 Å². The summed E-state index contributed by atoms with van der Waals surface area (Å²) in [5.41, 5.74) is -0.856. The van der Waals surface area contributed by atoms with Crippen LogP contribution in [0, 0.1) is 0 Å². The van der Waals surface area contributed by atoms with Crippen LogP contribution in [0.15, 0.2) is 69.2 Å². The Morgan fingerprint density at radius 3 is 1.95 bits per heavy atom. The Morgan fingerprint density at radius 2 is 1.39 bits per heavy atom. The third-order valence-corrected chi connectivity index (χ3v) is 8.15. The Labute approximate surface area is 236 Å². The first-order chi connectivity index (χ1) is 19.7. The van der Waals surface area contributed by atoms with Crippen molar-refractivity contribution in [2.45, 2.75) is 89.0 Å². The van der Waals surface area contributed by atoms with Gasteiger partial charge in [0.1, 0.15) is 11.4 Å². The molecule has 10 heteroatoms. The van der Waals surface area contributed by atoms with Crippen LogP contribution < -0.4 is 16.6 Å². The highest BCUT2D eigenvalue weighted by Crippen LogP contribution is 2.33. The van der Waals surface area contributed by atoms with Gasteiger partial charge in [0.05, 0.1) is 12.1 Å². The minimum Gasteiger partial charge on any atom is -0.494 e. The fraction of sp³-hybridized carbons (Fsp3) is 0.452. The zero-order valence-electron chi connectivity index (χ0n) is 22.9. The minimum atomic E-state index is -4.45. The summed E-state index contributed by atoms with van der Waals surface area (Å²) in [6, 6.07) is 13.2. The van der Waals surface area contributed by atoms with Gasteiger partial charge >= 0.3 is 11.9 Å². The number of hydrogen-bond acceptors (Lipinski definition) is 4. The number of alkyl halides is 3. The maximum Gasteiger partial charge on any atom is 0.416 e. The zero-order valence-corrected chi connectivity index (χ0v) is 22.9. The third-order valence-electron chi connectivity index (χ3n) is 8.15. The smallest absolute Gasteiger partial charge is 0.416 e. The largest absolute Gasteiger partial charge is 0.494 e. The van der Waals surface area contributed by atoms with Gasteiger partial charge in [-0.3, -0.25) is 18.9 Å². The number of amidine groups is 1. The number of anilines is 1. The van der Waals surface area contributed by atoms with E-state index in [2.05, 4.69) is 10.3 Å². The number of hydrogen-bond donors (Lipinski definition) is 2. The first kappa shape index (κ1) is 28.7. The molecule has 0 spiro atoms. The van der Waals surface area contributed by atoms with Gasteiger partial charge in [0.15, 0.2) is 0 Å². The number of halogens is 3. The number of rotatable bonds is 6. The Kier molecular flexibility index (Phi) is 8.65. The lowest BCUT2D eigenvalue weighted by Gasteiger charge is -2.29. The number of aliphatic imine (C=N–C) groups is 1. The Bertz CT molecular complexity index is 1480. The van der Waals surface area contributed by atoms with Crippen molar-refractivity contribution in [3.63, 3.8) is 0 Å². The molecule has 5 rings (SSSR count). The number of aromatic hydroxyl groups is 1. The van der Waals surface area contributed by atoms with Crippen molar-refractivity contribution in [2.24, 2.45) is 4.99 Å². The van der Waals surface area contributed by atoms with Gasteiger partial charge in [-0.1, -0.05) is 68.9 Å². The van der Waals surface area contributed by atoms with Crippen molar-refractivity contribution in [2.75, 3.05) is 5.32 Å². The average Bonchev–Trinajstić information content (AvgIpc) is 2.97. The van der Waals surface area contributed by atoms with Crippen molar-refractivity contribution in [3.8, 4) is 5.88 Å². The number of benzene rings is 2. The maximum absolute atomic E-state index is 14.1. The van der Waals surface area contributed by atoms with Gasteiger partial charge in [-0.25, -0.2) is 4.79 Å². The van der Waals surface area contributed by atoms with Gasteiger partial charge in [-0.2, -0.15) is 13.2 Å². The van der Waals surface area contributed by atoms with E-state index >= 15 is 0 Å². The molecule has 2 N–H and O–H groups in total. The molecule has 218 valence electrons. The molecule has 3 aromatic rings. The van der Waals surface area contributed by atoms with Gasteiger partial charge < -0.3 is 10.4 Å². The topological polar surface area (TPSA) is 88.6 Å². The molecule has 2 aliphatic rings. The molecule has 2 saturated carbocycles. The van der Waals surface area contributed by atoms with E-state index in [9.17, 15) is 27.9 Å². The van der Waals surface area contributed by atoms with Gasteiger partial charge in [-0.15, -0.1) is 0 Å². The molecule has 41 heavy (non-hydrogen) atoms. The average molecular weight is 569 g/mol. The highest BCUT2D eigenvalue weighted by Gasteiger charge is 2.32. The standard InChI is InChI=1S/C31H35F3N4O3/c32-31(33,34)22-18-16-21(17-19-22)20-35-27(36-23-10-4-1-5-11-23)26-28(39)37(24-12-6-2-7-13-24)30(41)38(29(26)40)25-14-8-3-9-15-25/h1,4-5,10-11,16-19,24-25,39H,2-3,6-9,12-15,20H2,(H,35,36). The Balaban J connectivity index is 1.65. The van der Waals surface area contributed by atoms with Crippen LogP contribution >= 0.6 is 0 Å². The molecule has 2 aliphatic carbocycles. The quantitative estimate of drug-likeness (QED) is 0.253. The van der Waals surface area contributed by atoms with Crippen molar-refractivity contribution in [3.05, 3.63) is 92.1 Å². The monoisotopic (exact) mass is 568 g/mol. The van der Waals surface area contributed by atoms with Crippen LogP contribution in [0.2, 0.25) is 0 Å². The van der Waals surface area contributed by atoms with Crippen LogP contribution in [0.4, 0.5) is 18.9 Å². The zero-order chi connectivity index (χ0) is 29.0. The van der Waals surface area contributed by atoms with Crippen LogP contribution in [-0.4, -0.2) is 20.1 Å². The molecule has 0 amide bonds. The fourth-order valence-corrected chi connectivity index (χ4v) is 5.98. The van der Waals surface area contributed by atoms with Gasteiger partial charge in [0.2, 0.25) is 5.88 Å². The molecule has 1 aromatic heterocycles. The second kappa shape index (κ2) is 12.4. The SMILES string of the molecule is O=c1c(C(=NCc2ccc(C(F)(F)F)cc2)Nc2ccccc2)c(O)n(C2CCCCC2)c(=O)n1C1CCCCC1. The summed E-state index contributed by atoms with van der Waals surface area (Å²) in [6.07, 6.45) is 4.16. The summed E-state index contributed by atoms with van der Waals surface area (Å²) in [4.78, 5) is 32.5. The van der Waals surface area contributed by atoms with Crippen molar-refractivity contribution in [1.82, 2.24) is 9.13 Å². The predicted octanol–water partition coefficient (Wildman–Crippen LogP) is 6.80.